The van der Waals surface area contributed by atoms with E-state index in [1.54, 1.807) is 0 Å². The molecule has 0 fully saturated rings. The summed E-state index contributed by atoms with van der Waals surface area (Å²) in [5.41, 5.74) is 1.21. The lowest BCUT2D eigenvalue weighted by atomic mass is 9.59. The fourth-order valence-electron chi connectivity index (χ4n) is 1.73. The van der Waals surface area contributed by atoms with Gasteiger partial charge >= 0.3 is 7.05 Å². The number of hydrogen-bond donors (Lipinski definition) is 1. The van der Waals surface area contributed by atoms with Crippen molar-refractivity contribution in [1.82, 2.24) is 4.98 Å². The van der Waals surface area contributed by atoms with E-state index in [-0.39, 0.29) is 7.05 Å². The number of hydrogen-bond acceptors (Lipinski definition) is 3. The van der Waals surface area contributed by atoms with Crippen molar-refractivity contribution in [3.63, 3.8) is 0 Å². The van der Waals surface area contributed by atoms with E-state index >= 15 is 0 Å². The van der Waals surface area contributed by atoms with Gasteiger partial charge in [0.1, 0.15) is 5.82 Å². The highest BCUT2D eigenvalue weighted by Gasteiger charge is 2.20. The molecule has 1 N–H and O–H groups in total. The summed E-state index contributed by atoms with van der Waals surface area (Å²) < 4.78 is 5.99. The van der Waals surface area contributed by atoms with Crippen LogP contribution < -0.4 is 5.23 Å². The summed E-state index contributed by atoms with van der Waals surface area (Å²) >= 11 is 0. The standard InChI is InChI=1S/C12H22B2N2O/c1-5-13(6-2)17-14(7-3)16-12-10-11(4)8-9-15-12/h8-10H,5-7H2,1-4H3,(H,15,16). The minimum Gasteiger partial charge on any atom is -0.480 e. The van der Waals surface area contributed by atoms with Gasteiger partial charge in [-0.05, 0) is 30.9 Å². The van der Waals surface area contributed by atoms with Crippen LogP contribution >= 0.6 is 0 Å². The lowest BCUT2D eigenvalue weighted by Gasteiger charge is -2.19. The summed E-state index contributed by atoms with van der Waals surface area (Å²) in [6.45, 7) is 8.83. The predicted molar refractivity (Wildman–Crippen MR) is 76.6 cm³/mol. The van der Waals surface area contributed by atoms with Crippen molar-refractivity contribution in [2.24, 2.45) is 0 Å². The Bertz CT molecular complexity index is 332. The minimum atomic E-state index is 0.0502. The van der Waals surface area contributed by atoms with E-state index in [0.717, 1.165) is 24.8 Å². The molecule has 0 saturated heterocycles. The van der Waals surface area contributed by atoms with E-state index in [4.69, 9.17) is 4.57 Å². The van der Waals surface area contributed by atoms with E-state index in [1.165, 1.54) is 5.56 Å². The quantitative estimate of drug-likeness (QED) is 0.731. The van der Waals surface area contributed by atoms with Gasteiger partial charge in [-0.3, -0.25) is 0 Å². The van der Waals surface area contributed by atoms with Gasteiger partial charge < -0.3 is 9.80 Å². The largest absolute Gasteiger partial charge is 0.480 e. The molecule has 5 heteroatoms. The number of aryl methyl sites for hydroxylation is 1. The molecule has 0 bridgehead atoms. The molecule has 0 spiro atoms. The van der Waals surface area contributed by atoms with Crippen molar-refractivity contribution in [1.29, 1.82) is 0 Å². The molecule has 0 aromatic carbocycles. The third kappa shape index (κ3) is 4.82. The normalized spacial score (nSPS) is 10.1. The first-order valence-corrected chi connectivity index (χ1v) is 6.54. The Morgan fingerprint density at radius 2 is 1.94 bits per heavy atom. The molecule has 1 aromatic heterocycles. The van der Waals surface area contributed by atoms with Gasteiger partial charge in [0.2, 0.25) is 0 Å². The van der Waals surface area contributed by atoms with Gasteiger partial charge in [0, 0.05) is 6.20 Å². The SMILES string of the molecule is CCB(CC)OB(CC)Nc1cc(C)ccn1. The smallest absolute Gasteiger partial charge is 0.398 e. The average molecular weight is 232 g/mol. The van der Waals surface area contributed by atoms with Crippen molar-refractivity contribution in [3.05, 3.63) is 23.9 Å². The molecule has 0 aliphatic carbocycles. The zero-order valence-electron chi connectivity index (χ0n) is 11.4. The maximum Gasteiger partial charge on any atom is 0.398 e. The summed E-state index contributed by atoms with van der Waals surface area (Å²) in [6, 6.07) is 4.03. The zero-order valence-corrected chi connectivity index (χ0v) is 11.4. The van der Waals surface area contributed by atoms with Crippen molar-refractivity contribution >= 4 is 19.8 Å². The van der Waals surface area contributed by atoms with E-state index in [2.05, 4.69) is 37.9 Å². The van der Waals surface area contributed by atoms with Crippen LogP contribution in [0, 0.1) is 6.92 Å². The summed E-state index contributed by atoms with van der Waals surface area (Å²) in [4.78, 5) is 4.30. The molecule has 1 aromatic rings. The second-order valence-electron chi connectivity index (χ2n) is 4.33. The van der Waals surface area contributed by atoms with Gasteiger partial charge in [0.15, 0.2) is 0 Å². The van der Waals surface area contributed by atoms with Gasteiger partial charge in [-0.25, -0.2) is 4.98 Å². The van der Waals surface area contributed by atoms with Gasteiger partial charge in [0.05, 0.1) is 0 Å². The molecular weight excluding hydrogens is 210 g/mol. The molecule has 0 radical (unpaired) electrons. The van der Waals surface area contributed by atoms with Crippen LogP contribution in [0.25, 0.3) is 0 Å². The predicted octanol–water partition coefficient (Wildman–Crippen LogP) is 3.36. The van der Waals surface area contributed by atoms with Crippen molar-refractivity contribution < 1.29 is 4.57 Å². The van der Waals surface area contributed by atoms with Crippen molar-refractivity contribution in [2.75, 3.05) is 5.23 Å². The lowest BCUT2D eigenvalue weighted by Crippen LogP contribution is -2.34. The van der Waals surface area contributed by atoms with Gasteiger partial charge in [-0.1, -0.05) is 33.4 Å². The van der Waals surface area contributed by atoms with Crippen molar-refractivity contribution in [3.8, 4) is 0 Å². The molecule has 3 nitrogen and oxygen atoms in total. The fraction of sp³-hybridized carbons (Fsp3) is 0.583. The average Bonchev–Trinajstić information content (AvgIpc) is 2.34. The number of rotatable bonds is 7. The Morgan fingerprint density at radius 3 is 2.47 bits per heavy atom. The number of nitrogens with zero attached hydrogens (tertiary/aromatic N) is 1. The summed E-state index contributed by atoms with van der Waals surface area (Å²) in [5, 5.41) is 3.34. The Kier molecular flexibility index (Phi) is 6.12. The monoisotopic (exact) mass is 232 g/mol. The van der Waals surface area contributed by atoms with Crippen LogP contribution in [0.5, 0.6) is 0 Å². The molecule has 0 aliphatic rings. The number of anilines is 1. The van der Waals surface area contributed by atoms with Crippen LogP contribution in [-0.2, 0) is 4.57 Å². The Balaban J connectivity index is 2.57. The van der Waals surface area contributed by atoms with E-state index in [1.807, 2.05) is 18.3 Å². The Labute approximate surface area is 106 Å². The third-order valence-corrected chi connectivity index (χ3v) is 2.86. The molecule has 17 heavy (non-hydrogen) atoms. The second-order valence-corrected chi connectivity index (χ2v) is 4.33. The summed E-state index contributed by atoms with van der Waals surface area (Å²) in [5.74, 6) is 0.891. The number of nitrogens with one attached hydrogen (secondary N) is 1. The molecule has 0 saturated carbocycles. The lowest BCUT2D eigenvalue weighted by molar-refractivity contribution is 0.583. The topological polar surface area (TPSA) is 34.1 Å². The molecule has 1 rings (SSSR count). The van der Waals surface area contributed by atoms with Crippen LogP contribution in [0.3, 0.4) is 0 Å². The molecule has 1 heterocycles. The molecule has 0 amide bonds. The van der Waals surface area contributed by atoms with Crippen LogP contribution in [0.2, 0.25) is 19.0 Å². The number of aromatic nitrogens is 1. The van der Waals surface area contributed by atoms with Crippen LogP contribution in [0.1, 0.15) is 26.3 Å². The first-order chi connectivity index (χ1) is 8.19. The maximum absolute atomic E-state index is 5.99. The first kappa shape index (κ1) is 14.1. The van der Waals surface area contributed by atoms with Crippen molar-refractivity contribution in [2.45, 2.75) is 46.7 Å². The first-order valence-electron chi connectivity index (χ1n) is 6.54. The van der Waals surface area contributed by atoms with E-state index in [0.29, 0.717) is 6.92 Å². The Morgan fingerprint density at radius 1 is 1.24 bits per heavy atom. The van der Waals surface area contributed by atoms with E-state index in [9.17, 15) is 0 Å². The molecule has 0 aliphatic heterocycles. The third-order valence-electron chi connectivity index (χ3n) is 2.86. The summed E-state index contributed by atoms with van der Waals surface area (Å²) in [6.07, 6.45) is 4.86. The highest BCUT2D eigenvalue weighted by Crippen LogP contribution is 2.10. The highest BCUT2D eigenvalue weighted by molar-refractivity contribution is 6.67. The number of pyridine rings is 1. The van der Waals surface area contributed by atoms with Crippen LogP contribution in [-0.4, -0.2) is 19.0 Å². The zero-order chi connectivity index (χ0) is 12.7. The molecule has 0 unspecified atom stereocenters. The van der Waals surface area contributed by atoms with Crippen LogP contribution in [0.4, 0.5) is 5.82 Å². The molecule has 92 valence electrons. The maximum atomic E-state index is 5.99. The minimum absolute atomic E-state index is 0.0502. The van der Waals surface area contributed by atoms with Gasteiger partial charge in [-0.2, -0.15) is 0 Å². The molecule has 0 atom stereocenters. The van der Waals surface area contributed by atoms with Gasteiger partial charge in [-0.15, -0.1) is 0 Å². The second kappa shape index (κ2) is 7.38. The summed E-state index contributed by atoms with van der Waals surface area (Å²) in [7, 11) is 0.0502. The van der Waals surface area contributed by atoms with Gasteiger partial charge in [0.25, 0.3) is 6.92 Å². The Hall–Kier alpha value is -0.960. The van der Waals surface area contributed by atoms with Crippen LogP contribution in [0.15, 0.2) is 18.3 Å². The highest BCUT2D eigenvalue weighted by atomic mass is 16.4. The fourth-order valence-corrected chi connectivity index (χ4v) is 1.73. The van der Waals surface area contributed by atoms with E-state index < -0.39 is 0 Å². The molecular formula is C12H22B2N2O.